The lowest BCUT2D eigenvalue weighted by molar-refractivity contribution is 0.415. The smallest absolute Gasteiger partial charge is 0.261 e. The highest BCUT2D eigenvalue weighted by Gasteiger charge is 2.15. The van der Waals surface area contributed by atoms with Gasteiger partial charge in [-0.15, -0.1) is 0 Å². The maximum atomic E-state index is 12.2. The third-order valence-corrected chi connectivity index (χ3v) is 4.29. The topological polar surface area (TPSA) is 55.4 Å². The van der Waals surface area contributed by atoms with E-state index in [9.17, 15) is 8.42 Å². The predicted octanol–water partition coefficient (Wildman–Crippen LogP) is 3.80. The Hall–Kier alpha value is -1.43. The number of rotatable bonds is 4. The molecule has 2 aromatic carbocycles. The molecular formula is C13H11Cl2NO3S. The molecule has 0 heterocycles. The number of halogens is 2. The summed E-state index contributed by atoms with van der Waals surface area (Å²) in [5, 5.41) is 0.514. The molecule has 0 unspecified atom stereocenters. The van der Waals surface area contributed by atoms with E-state index in [1.54, 1.807) is 24.3 Å². The molecule has 7 heteroatoms. The Balaban J connectivity index is 2.30. The summed E-state index contributed by atoms with van der Waals surface area (Å²) in [5.74, 6) is 0.638. The van der Waals surface area contributed by atoms with Crippen LogP contribution in [0.1, 0.15) is 0 Å². The summed E-state index contributed by atoms with van der Waals surface area (Å²) in [5.41, 5.74) is 0.418. The van der Waals surface area contributed by atoms with E-state index in [1.165, 1.54) is 25.3 Å². The van der Waals surface area contributed by atoms with Crippen molar-refractivity contribution >= 4 is 38.9 Å². The van der Waals surface area contributed by atoms with E-state index < -0.39 is 10.0 Å². The van der Waals surface area contributed by atoms with Crippen molar-refractivity contribution in [2.24, 2.45) is 0 Å². The number of ether oxygens (including phenoxy) is 1. The lowest BCUT2D eigenvalue weighted by atomic mass is 10.3. The first kappa shape index (κ1) is 15.0. The molecule has 0 radical (unpaired) electrons. The minimum absolute atomic E-state index is 0.00539. The van der Waals surface area contributed by atoms with Gasteiger partial charge in [0.2, 0.25) is 0 Å². The quantitative estimate of drug-likeness (QED) is 0.926. The number of nitrogens with one attached hydrogen (secondary N) is 1. The number of sulfonamides is 1. The van der Waals surface area contributed by atoms with Gasteiger partial charge in [-0.05, 0) is 42.5 Å². The molecule has 106 valence electrons. The first-order valence-corrected chi connectivity index (χ1v) is 7.77. The van der Waals surface area contributed by atoms with Gasteiger partial charge in [-0.2, -0.15) is 0 Å². The zero-order valence-electron chi connectivity index (χ0n) is 10.4. The molecule has 0 spiro atoms. The average molecular weight is 332 g/mol. The van der Waals surface area contributed by atoms with E-state index in [4.69, 9.17) is 27.9 Å². The Morgan fingerprint density at radius 2 is 1.55 bits per heavy atom. The van der Waals surface area contributed by atoms with Gasteiger partial charge < -0.3 is 4.74 Å². The van der Waals surface area contributed by atoms with Crippen LogP contribution in [0.4, 0.5) is 5.69 Å². The molecular weight excluding hydrogens is 321 g/mol. The van der Waals surface area contributed by atoms with Crippen molar-refractivity contribution < 1.29 is 13.2 Å². The molecule has 0 aromatic heterocycles. The SMILES string of the molecule is COc1ccc(NS(=O)(=O)c2cc(Cl)cc(Cl)c2)cc1. The maximum Gasteiger partial charge on any atom is 0.261 e. The highest BCUT2D eigenvalue weighted by molar-refractivity contribution is 7.92. The van der Waals surface area contributed by atoms with Crippen LogP contribution in [0.3, 0.4) is 0 Å². The van der Waals surface area contributed by atoms with Gasteiger partial charge >= 0.3 is 0 Å². The van der Waals surface area contributed by atoms with Crippen LogP contribution < -0.4 is 9.46 Å². The van der Waals surface area contributed by atoms with Gasteiger partial charge in [-0.1, -0.05) is 23.2 Å². The number of anilines is 1. The van der Waals surface area contributed by atoms with Crippen LogP contribution in [0.15, 0.2) is 47.4 Å². The molecule has 0 saturated heterocycles. The molecule has 0 aliphatic rings. The Bertz CT molecular complexity index is 695. The fourth-order valence-corrected chi connectivity index (χ4v) is 3.34. The molecule has 1 N–H and O–H groups in total. The molecule has 4 nitrogen and oxygen atoms in total. The number of methoxy groups -OCH3 is 1. The van der Waals surface area contributed by atoms with Crippen LogP contribution in [-0.4, -0.2) is 15.5 Å². The van der Waals surface area contributed by atoms with Gasteiger partial charge in [0.05, 0.1) is 12.0 Å². The highest BCUT2D eigenvalue weighted by atomic mass is 35.5. The van der Waals surface area contributed by atoms with E-state index in [-0.39, 0.29) is 14.9 Å². The number of benzene rings is 2. The van der Waals surface area contributed by atoms with Crippen molar-refractivity contribution in [1.82, 2.24) is 0 Å². The largest absolute Gasteiger partial charge is 0.497 e. The molecule has 0 amide bonds. The van der Waals surface area contributed by atoms with Crippen molar-refractivity contribution in [3.05, 3.63) is 52.5 Å². The molecule has 2 aromatic rings. The van der Waals surface area contributed by atoms with E-state index >= 15 is 0 Å². The summed E-state index contributed by atoms with van der Waals surface area (Å²) in [6, 6.07) is 10.6. The molecule has 2 rings (SSSR count). The zero-order valence-corrected chi connectivity index (χ0v) is 12.8. The summed E-state index contributed by atoms with van der Waals surface area (Å²) in [4.78, 5) is 0.00539. The van der Waals surface area contributed by atoms with Gasteiger partial charge in [0.15, 0.2) is 0 Å². The Morgan fingerprint density at radius 3 is 2.05 bits per heavy atom. The second-order valence-electron chi connectivity index (χ2n) is 3.94. The van der Waals surface area contributed by atoms with Crippen LogP contribution >= 0.6 is 23.2 Å². The first-order chi connectivity index (χ1) is 9.40. The molecule has 20 heavy (non-hydrogen) atoms. The van der Waals surface area contributed by atoms with Gasteiger partial charge in [0.1, 0.15) is 5.75 Å². The standard InChI is InChI=1S/C13H11Cl2NO3S/c1-19-12-4-2-11(3-5-12)16-20(17,18)13-7-9(14)6-10(15)8-13/h2-8,16H,1H3. The van der Waals surface area contributed by atoms with Crippen LogP contribution in [0.2, 0.25) is 10.0 Å². The predicted molar refractivity (Wildman–Crippen MR) is 80.3 cm³/mol. The Labute approximate surface area is 127 Å². The molecule has 0 aliphatic heterocycles. The number of hydrogen-bond donors (Lipinski definition) is 1. The Morgan fingerprint density at radius 1 is 1.00 bits per heavy atom. The maximum absolute atomic E-state index is 12.2. The van der Waals surface area contributed by atoms with Crippen molar-refractivity contribution in [2.45, 2.75) is 4.90 Å². The van der Waals surface area contributed by atoms with Crippen molar-refractivity contribution in [1.29, 1.82) is 0 Å². The van der Waals surface area contributed by atoms with Crippen LogP contribution in [-0.2, 0) is 10.0 Å². The van der Waals surface area contributed by atoms with E-state index in [0.29, 0.717) is 11.4 Å². The summed E-state index contributed by atoms with van der Waals surface area (Å²) in [6.07, 6.45) is 0. The third-order valence-electron chi connectivity index (χ3n) is 2.49. The van der Waals surface area contributed by atoms with Gasteiger partial charge in [-0.3, -0.25) is 4.72 Å². The molecule has 0 saturated carbocycles. The number of hydrogen-bond acceptors (Lipinski definition) is 3. The second-order valence-corrected chi connectivity index (χ2v) is 6.49. The van der Waals surface area contributed by atoms with Crippen molar-refractivity contribution in [2.75, 3.05) is 11.8 Å². The van der Waals surface area contributed by atoms with Crippen molar-refractivity contribution in [3.63, 3.8) is 0 Å². The lowest BCUT2D eigenvalue weighted by Gasteiger charge is -2.09. The molecule has 0 fully saturated rings. The summed E-state index contributed by atoms with van der Waals surface area (Å²) in [7, 11) is -2.20. The minimum atomic E-state index is -3.74. The van der Waals surface area contributed by atoms with Gasteiger partial charge in [-0.25, -0.2) is 8.42 Å². The first-order valence-electron chi connectivity index (χ1n) is 5.54. The minimum Gasteiger partial charge on any atom is -0.497 e. The second kappa shape index (κ2) is 5.91. The monoisotopic (exact) mass is 331 g/mol. The average Bonchev–Trinajstić information content (AvgIpc) is 2.38. The zero-order chi connectivity index (χ0) is 14.8. The molecule has 0 atom stereocenters. The molecule has 0 bridgehead atoms. The van der Waals surface area contributed by atoms with E-state index in [2.05, 4.69) is 4.72 Å². The fourth-order valence-electron chi connectivity index (χ4n) is 1.56. The van der Waals surface area contributed by atoms with Crippen LogP contribution in [0.5, 0.6) is 5.75 Å². The summed E-state index contributed by atoms with van der Waals surface area (Å²) < 4.78 is 31.8. The van der Waals surface area contributed by atoms with E-state index in [1.807, 2.05) is 0 Å². The summed E-state index contributed by atoms with van der Waals surface area (Å²) in [6.45, 7) is 0. The molecule has 0 aliphatic carbocycles. The van der Waals surface area contributed by atoms with Crippen molar-refractivity contribution in [3.8, 4) is 5.75 Å². The third kappa shape index (κ3) is 3.56. The van der Waals surface area contributed by atoms with Gasteiger partial charge in [0.25, 0.3) is 10.0 Å². The van der Waals surface area contributed by atoms with Gasteiger partial charge in [0, 0.05) is 15.7 Å². The normalized spacial score (nSPS) is 11.2. The summed E-state index contributed by atoms with van der Waals surface area (Å²) >= 11 is 11.6. The fraction of sp³-hybridized carbons (Fsp3) is 0.0769. The van der Waals surface area contributed by atoms with Crippen LogP contribution in [0.25, 0.3) is 0 Å². The Kier molecular flexibility index (Phi) is 4.42. The lowest BCUT2D eigenvalue weighted by Crippen LogP contribution is -2.12. The highest BCUT2D eigenvalue weighted by Crippen LogP contribution is 2.24. The van der Waals surface area contributed by atoms with Crippen LogP contribution in [0, 0.1) is 0 Å². The van der Waals surface area contributed by atoms with E-state index in [0.717, 1.165) is 0 Å².